The van der Waals surface area contributed by atoms with Gasteiger partial charge >= 0.3 is 12.1 Å². The average molecular weight is 453 g/mol. The van der Waals surface area contributed by atoms with Gasteiger partial charge in [-0.2, -0.15) is 0 Å². The number of ether oxygens (including phenoxy) is 3. The lowest BCUT2D eigenvalue weighted by Crippen LogP contribution is -2.13. The Balaban J connectivity index is 1.39. The molecule has 1 saturated carbocycles. The number of hydrogen-bond acceptors (Lipinski definition) is 5. The van der Waals surface area contributed by atoms with E-state index in [4.69, 9.17) is 14.2 Å². The predicted molar refractivity (Wildman–Crippen MR) is 129 cm³/mol. The Morgan fingerprint density at radius 1 is 0.788 bits per heavy atom. The summed E-state index contributed by atoms with van der Waals surface area (Å²) in [4.78, 5) is 24.0. The summed E-state index contributed by atoms with van der Waals surface area (Å²) in [6.45, 7) is 6.75. The Morgan fingerprint density at radius 2 is 1.27 bits per heavy atom. The number of hydrogen-bond donors (Lipinski definition) is 0. The van der Waals surface area contributed by atoms with E-state index in [-0.39, 0.29) is 17.3 Å². The first-order valence-electron chi connectivity index (χ1n) is 12.2. The van der Waals surface area contributed by atoms with Crippen LogP contribution in [0.1, 0.15) is 72.1 Å². The van der Waals surface area contributed by atoms with Gasteiger partial charge in [0.05, 0.1) is 12.5 Å². The van der Waals surface area contributed by atoms with Crippen LogP contribution in [0.3, 0.4) is 0 Å². The second-order valence-corrected chi connectivity index (χ2v) is 9.54. The van der Waals surface area contributed by atoms with Gasteiger partial charge in [-0.25, -0.2) is 4.79 Å². The van der Waals surface area contributed by atoms with Crippen LogP contribution in [0.4, 0.5) is 4.79 Å². The molecule has 33 heavy (non-hydrogen) atoms. The molecule has 1 fully saturated rings. The second kappa shape index (κ2) is 11.9. The van der Waals surface area contributed by atoms with Gasteiger partial charge in [-0.15, -0.1) is 0 Å². The molecule has 1 aliphatic carbocycles. The summed E-state index contributed by atoms with van der Waals surface area (Å²) in [6.07, 6.45) is 8.40. The fourth-order valence-electron chi connectivity index (χ4n) is 3.83. The Kier molecular flexibility index (Phi) is 8.93. The zero-order valence-electron chi connectivity index (χ0n) is 20.1. The molecule has 0 radical (unpaired) electrons. The summed E-state index contributed by atoms with van der Waals surface area (Å²) in [5.41, 5.74) is 2.01. The zero-order chi connectivity index (χ0) is 23.7. The summed E-state index contributed by atoms with van der Waals surface area (Å²) >= 11 is 0. The van der Waals surface area contributed by atoms with Gasteiger partial charge in [0.1, 0.15) is 11.5 Å². The number of unbranched alkanes of at least 4 members (excludes halogenated alkanes) is 6. The van der Waals surface area contributed by atoms with E-state index >= 15 is 0 Å². The second-order valence-electron chi connectivity index (χ2n) is 9.54. The molecule has 3 rings (SSSR count). The third kappa shape index (κ3) is 7.92. The Morgan fingerprint density at radius 3 is 1.79 bits per heavy atom. The normalized spacial score (nSPS) is 16.2. The lowest BCUT2D eigenvalue weighted by molar-refractivity contribution is -0.136. The first-order chi connectivity index (χ1) is 15.9. The topological polar surface area (TPSA) is 61.8 Å². The summed E-state index contributed by atoms with van der Waals surface area (Å²) in [5.74, 6) is 0.830. The van der Waals surface area contributed by atoms with E-state index in [0.29, 0.717) is 18.1 Å². The molecule has 0 amide bonds. The highest BCUT2D eigenvalue weighted by atomic mass is 16.7. The number of benzene rings is 2. The van der Waals surface area contributed by atoms with E-state index in [0.717, 1.165) is 30.4 Å². The summed E-state index contributed by atoms with van der Waals surface area (Å²) in [5, 5.41) is 0. The minimum atomic E-state index is -0.668. The fourth-order valence-corrected chi connectivity index (χ4v) is 3.83. The maximum atomic E-state index is 12.1. The highest BCUT2D eigenvalue weighted by molar-refractivity contribution is 5.79. The molecule has 0 N–H and O–H groups in total. The van der Waals surface area contributed by atoms with Gasteiger partial charge in [0.15, 0.2) is 0 Å². The maximum absolute atomic E-state index is 12.1. The van der Waals surface area contributed by atoms with Gasteiger partial charge in [0, 0.05) is 0 Å². The van der Waals surface area contributed by atoms with E-state index in [1.54, 1.807) is 24.3 Å². The highest BCUT2D eigenvalue weighted by Gasteiger charge is 2.51. The minimum absolute atomic E-state index is 0.00744. The smallest absolute Gasteiger partial charge is 0.434 e. The van der Waals surface area contributed by atoms with Crippen molar-refractivity contribution in [1.29, 1.82) is 0 Å². The van der Waals surface area contributed by atoms with Crippen LogP contribution in [0.2, 0.25) is 0 Å². The summed E-state index contributed by atoms with van der Waals surface area (Å²) in [6, 6.07) is 14.7. The molecule has 2 aromatic carbocycles. The molecular weight excluding hydrogens is 416 g/mol. The van der Waals surface area contributed by atoms with Crippen molar-refractivity contribution in [3.8, 4) is 22.6 Å². The van der Waals surface area contributed by atoms with Crippen LogP contribution in [0.15, 0.2) is 48.5 Å². The Bertz CT molecular complexity index is 899. The molecule has 0 heterocycles. The fraction of sp³-hybridized carbons (Fsp3) is 0.500. The summed E-state index contributed by atoms with van der Waals surface area (Å²) in [7, 11) is 0. The van der Waals surface area contributed by atoms with Crippen LogP contribution in [0, 0.1) is 11.3 Å². The molecule has 1 atom stereocenters. The molecule has 0 bridgehead atoms. The number of rotatable bonds is 12. The molecule has 5 heteroatoms. The van der Waals surface area contributed by atoms with Crippen molar-refractivity contribution in [1.82, 2.24) is 0 Å². The predicted octanol–water partition coefficient (Wildman–Crippen LogP) is 7.57. The van der Waals surface area contributed by atoms with Crippen molar-refractivity contribution in [2.24, 2.45) is 11.3 Å². The van der Waals surface area contributed by atoms with Crippen LogP contribution in [0.25, 0.3) is 11.1 Å². The molecule has 0 saturated heterocycles. The molecule has 5 nitrogen and oxygen atoms in total. The van der Waals surface area contributed by atoms with Crippen molar-refractivity contribution in [2.75, 3.05) is 6.61 Å². The molecule has 0 spiro atoms. The van der Waals surface area contributed by atoms with E-state index in [1.165, 1.54) is 32.1 Å². The molecule has 0 aliphatic heterocycles. The van der Waals surface area contributed by atoms with Gasteiger partial charge in [-0.1, -0.05) is 83.6 Å². The standard InChI is InChI=1S/C28H36O5/c1-4-5-6-7-8-9-10-19-31-27(30)33-24-17-13-22(14-18-24)21-11-15-23(16-12-21)32-26(29)25-20-28(25,2)3/h11-18,25H,4-10,19-20H2,1-3H3/t25-/m1/s1. The molecule has 2 aromatic rings. The lowest BCUT2D eigenvalue weighted by Gasteiger charge is -2.08. The van der Waals surface area contributed by atoms with Gasteiger partial charge in [-0.3, -0.25) is 4.79 Å². The van der Waals surface area contributed by atoms with Crippen molar-refractivity contribution in [3.05, 3.63) is 48.5 Å². The van der Waals surface area contributed by atoms with Gasteiger partial charge in [0.2, 0.25) is 0 Å². The monoisotopic (exact) mass is 452 g/mol. The van der Waals surface area contributed by atoms with Crippen LogP contribution in [-0.2, 0) is 9.53 Å². The number of carbonyl (C=O) groups is 2. The van der Waals surface area contributed by atoms with Crippen molar-refractivity contribution in [3.63, 3.8) is 0 Å². The van der Waals surface area contributed by atoms with Crippen LogP contribution < -0.4 is 9.47 Å². The summed E-state index contributed by atoms with van der Waals surface area (Å²) < 4.78 is 15.9. The Labute approximate surface area is 197 Å². The zero-order valence-corrected chi connectivity index (χ0v) is 20.1. The first kappa shape index (κ1) is 24.8. The van der Waals surface area contributed by atoms with Gasteiger partial charge < -0.3 is 14.2 Å². The van der Waals surface area contributed by atoms with Crippen molar-refractivity contribution in [2.45, 2.75) is 72.1 Å². The van der Waals surface area contributed by atoms with E-state index in [2.05, 4.69) is 20.8 Å². The van der Waals surface area contributed by atoms with Gasteiger partial charge in [-0.05, 0) is 53.6 Å². The van der Waals surface area contributed by atoms with E-state index in [1.807, 2.05) is 24.3 Å². The van der Waals surface area contributed by atoms with E-state index < -0.39 is 6.16 Å². The van der Waals surface area contributed by atoms with Gasteiger partial charge in [0.25, 0.3) is 0 Å². The molecule has 178 valence electrons. The Hall–Kier alpha value is -2.82. The van der Waals surface area contributed by atoms with Crippen molar-refractivity contribution >= 4 is 12.1 Å². The van der Waals surface area contributed by atoms with Crippen molar-refractivity contribution < 1.29 is 23.8 Å². The largest absolute Gasteiger partial charge is 0.513 e. The number of carbonyl (C=O) groups excluding carboxylic acids is 2. The SMILES string of the molecule is CCCCCCCCCOC(=O)Oc1ccc(-c2ccc(OC(=O)[C@H]3CC3(C)C)cc2)cc1. The third-order valence-corrected chi connectivity index (χ3v) is 6.23. The molecule has 0 aromatic heterocycles. The lowest BCUT2D eigenvalue weighted by atomic mass is 10.1. The highest BCUT2D eigenvalue weighted by Crippen LogP contribution is 2.52. The van der Waals surface area contributed by atoms with E-state index in [9.17, 15) is 9.59 Å². The van der Waals surface area contributed by atoms with Crippen LogP contribution in [0.5, 0.6) is 11.5 Å². The molecular formula is C28H36O5. The minimum Gasteiger partial charge on any atom is -0.434 e. The average Bonchev–Trinajstić information content (AvgIpc) is 3.45. The van der Waals surface area contributed by atoms with Crippen LogP contribution in [-0.4, -0.2) is 18.7 Å². The van der Waals surface area contributed by atoms with Crippen LogP contribution >= 0.6 is 0 Å². The maximum Gasteiger partial charge on any atom is 0.513 e. The number of esters is 1. The molecule has 0 unspecified atom stereocenters. The molecule has 1 aliphatic rings. The third-order valence-electron chi connectivity index (χ3n) is 6.23. The quantitative estimate of drug-likeness (QED) is 0.144. The first-order valence-corrected chi connectivity index (χ1v) is 12.2.